The Bertz CT molecular complexity index is 2920. The van der Waals surface area contributed by atoms with Gasteiger partial charge < -0.3 is 25.0 Å². The number of pyridine rings is 3. The van der Waals surface area contributed by atoms with Gasteiger partial charge in [0, 0.05) is 30.9 Å². The van der Waals surface area contributed by atoms with Gasteiger partial charge in [0.1, 0.15) is 11.5 Å². The molecule has 0 atom stereocenters. The van der Waals surface area contributed by atoms with Crippen LogP contribution in [0.4, 0.5) is 28.6 Å². The first-order valence-electron chi connectivity index (χ1n) is 19.9. The summed E-state index contributed by atoms with van der Waals surface area (Å²) in [4.78, 5) is 40.7. The van der Waals surface area contributed by atoms with Gasteiger partial charge in [-0.05, 0) is 93.5 Å². The smallest absolute Gasteiger partial charge is 0.273 e. The van der Waals surface area contributed by atoms with Gasteiger partial charge in [-0.2, -0.15) is 5.10 Å². The first-order chi connectivity index (χ1) is 30.5. The van der Waals surface area contributed by atoms with E-state index >= 15 is 0 Å². The molecule has 1 fully saturated rings. The summed E-state index contributed by atoms with van der Waals surface area (Å²) in [5, 5.41) is 11.6. The van der Waals surface area contributed by atoms with Crippen LogP contribution in [0, 0.1) is 27.7 Å². The quantitative estimate of drug-likeness (QED) is 0.0760. The molecule has 0 unspecified atom stereocenters. The molecular formula is C43H45ClN10O8S2. The fourth-order valence-electron chi connectivity index (χ4n) is 7.17. The number of methoxy groups -OCH3 is 1. The molecule has 21 heteroatoms. The molecule has 1 aliphatic heterocycles. The van der Waals surface area contributed by atoms with Crippen LogP contribution in [0.3, 0.4) is 0 Å². The summed E-state index contributed by atoms with van der Waals surface area (Å²) in [6.45, 7) is 7.70. The van der Waals surface area contributed by atoms with Gasteiger partial charge >= 0.3 is 0 Å². The number of piperidine rings is 1. The molecule has 4 aromatic heterocycles. The molecule has 7 rings (SSSR count). The number of H-pyrrole nitrogens is 1. The van der Waals surface area contributed by atoms with Crippen LogP contribution in [0.2, 0.25) is 5.15 Å². The number of nitrogens with zero attached hydrogens (tertiary/aromatic N) is 6. The first-order valence-corrected chi connectivity index (χ1v) is 23.3. The number of carbonyl (C=O) groups is 2. The molecule has 1 aliphatic rings. The second-order valence-corrected chi connectivity index (χ2v) is 18.8. The third kappa shape index (κ3) is 9.88. The molecule has 18 nitrogen and oxygen atoms in total. The van der Waals surface area contributed by atoms with E-state index in [0.717, 1.165) is 42.7 Å². The maximum Gasteiger partial charge on any atom is 0.273 e. The summed E-state index contributed by atoms with van der Waals surface area (Å²) in [6.07, 6.45) is 7.12. The maximum absolute atomic E-state index is 15.0. The number of anilines is 5. The predicted octanol–water partition coefficient (Wildman–Crippen LogP) is 7.02. The van der Waals surface area contributed by atoms with Crippen molar-refractivity contribution in [1.29, 1.82) is 0 Å². The van der Waals surface area contributed by atoms with Gasteiger partial charge in [-0.15, -0.1) is 0 Å². The summed E-state index contributed by atoms with van der Waals surface area (Å²) < 4.78 is 73.9. The van der Waals surface area contributed by atoms with Crippen molar-refractivity contribution in [3.63, 3.8) is 0 Å². The average molecular weight is 929 g/mol. The van der Waals surface area contributed by atoms with Crippen molar-refractivity contribution in [2.45, 2.75) is 56.7 Å². The Labute approximate surface area is 375 Å². The van der Waals surface area contributed by atoms with Gasteiger partial charge in [-0.1, -0.05) is 48.0 Å². The van der Waals surface area contributed by atoms with Crippen molar-refractivity contribution < 1.29 is 35.9 Å². The Hall–Kier alpha value is -6.77. The molecule has 1 saturated heterocycles. The molecule has 5 heterocycles. The van der Waals surface area contributed by atoms with Crippen LogP contribution in [0.25, 0.3) is 0 Å². The normalized spacial score (nSPS) is 12.9. The summed E-state index contributed by atoms with van der Waals surface area (Å²) in [7, 11) is -8.06. The van der Waals surface area contributed by atoms with E-state index in [1.54, 1.807) is 82.4 Å². The molecule has 64 heavy (non-hydrogen) atoms. The van der Waals surface area contributed by atoms with E-state index in [-0.39, 0.29) is 33.8 Å². The lowest BCUT2D eigenvalue weighted by Crippen LogP contribution is -2.36. The number of aromatic amines is 1. The molecule has 0 spiro atoms. The van der Waals surface area contributed by atoms with Crippen LogP contribution in [0.5, 0.6) is 11.8 Å². The fraction of sp³-hybridized carbons (Fsp3) is 0.256. The van der Waals surface area contributed by atoms with Crippen LogP contribution in [-0.2, 0) is 20.0 Å². The predicted molar refractivity (Wildman–Crippen MR) is 243 cm³/mol. The standard InChI is InChI=1S/C43H45ClN10O8S2/c1-26-11-9-12-27(2)38(26)52-63(57,58)34-20-31(48-40(55)30-15-16-45-37(19-30)53-17-7-6-8-18-53)24-47-43(34)62-25-54(39-28(3)13-10-14-29(39)4)64(59,60)35-21-32(23-46-42(35)61-5)49-41(56)33-22-36(44)51-50-33/h9-16,19-24,52H,6-8,17-18,25H2,1-5H3,(H,48,55)(H,49,56)(H,50,51). The van der Waals surface area contributed by atoms with Crippen molar-refractivity contribution >= 4 is 72.0 Å². The van der Waals surface area contributed by atoms with Gasteiger partial charge in [0.25, 0.3) is 31.9 Å². The van der Waals surface area contributed by atoms with Crippen molar-refractivity contribution in [3.8, 4) is 11.8 Å². The second-order valence-electron chi connectivity index (χ2n) is 15.0. The molecule has 2 aromatic carbocycles. The topological polar surface area (TPSA) is 231 Å². The maximum atomic E-state index is 15.0. The number of benzene rings is 2. The minimum atomic E-state index is -4.74. The Morgan fingerprint density at radius 2 is 1.39 bits per heavy atom. The number of rotatable bonds is 15. The largest absolute Gasteiger partial charge is 0.480 e. The van der Waals surface area contributed by atoms with Gasteiger partial charge in [0.15, 0.2) is 21.7 Å². The Kier molecular flexibility index (Phi) is 13.4. The van der Waals surface area contributed by atoms with Crippen molar-refractivity contribution in [1.82, 2.24) is 25.1 Å². The SMILES string of the molecule is COc1ncc(NC(=O)c2cc(Cl)n[nH]2)cc1S(=O)(=O)N(COc1ncc(NC(=O)c2ccnc(N3CCCCC3)c2)cc1S(=O)(=O)Nc1c(C)cccc1C)c1c(C)cccc1C. The highest BCUT2D eigenvalue weighted by Crippen LogP contribution is 2.36. The number of amides is 2. The van der Waals surface area contributed by atoms with Gasteiger partial charge in [-0.3, -0.25) is 19.4 Å². The summed E-state index contributed by atoms with van der Waals surface area (Å²) in [6, 6.07) is 17.3. The molecule has 2 amide bonds. The van der Waals surface area contributed by atoms with Crippen molar-refractivity contribution in [2.75, 3.05) is 51.5 Å². The number of ether oxygens (including phenoxy) is 2. The average Bonchev–Trinajstić information content (AvgIpc) is 3.72. The highest BCUT2D eigenvalue weighted by molar-refractivity contribution is 7.93. The number of hydrogen-bond acceptors (Lipinski definition) is 13. The zero-order chi connectivity index (χ0) is 45.8. The van der Waals surface area contributed by atoms with Crippen molar-refractivity contribution in [2.24, 2.45) is 0 Å². The highest BCUT2D eigenvalue weighted by Gasteiger charge is 2.34. The van der Waals surface area contributed by atoms with Crippen LogP contribution in [-0.4, -0.2) is 80.7 Å². The van der Waals surface area contributed by atoms with E-state index in [1.165, 1.54) is 31.6 Å². The number of nitrogens with one attached hydrogen (secondary N) is 4. The van der Waals surface area contributed by atoms with E-state index in [0.29, 0.717) is 39.3 Å². The summed E-state index contributed by atoms with van der Waals surface area (Å²) >= 11 is 5.88. The van der Waals surface area contributed by atoms with E-state index in [2.05, 4.69) is 45.4 Å². The van der Waals surface area contributed by atoms with Crippen LogP contribution in [0.1, 0.15) is 62.4 Å². The second kappa shape index (κ2) is 18.9. The minimum absolute atomic E-state index is 0.00562. The van der Waals surface area contributed by atoms with Crippen molar-refractivity contribution in [3.05, 3.63) is 124 Å². The number of aryl methyl sites for hydroxylation is 4. The molecule has 4 N–H and O–H groups in total. The van der Waals surface area contributed by atoms with Crippen LogP contribution in [0.15, 0.2) is 95.1 Å². The van der Waals surface area contributed by atoms with Crippen LogP contribution >= 0.6 is 11.6 Å². The summed E-state index contributed by atoms with van der Waals surface area (Å²) in [5.41, 5.74) is 3.12. The van der Waals surface area contributed by atoms with E-state index in [4.69, 9.17) is 21.1 Å². The number of sulfonamides is 2. The number of halogens is 1. The van der Waals surface area contributed by atoms with E-state index in [1.807, 2.05) is 0 Å². The lowest BCUT2D eigenvalue weighted by Gasteiger charge is -2.28. The molecular weight excluding hydrogens is 884 g/mol. The zero-order valence-electron chi connectivity index (χ0n) is 35.5. The molecule has 0 radical (unpaired) electrons. The zero-order valence-corrected chi connectivity index (χ0v) is 37.9. The number of carbonyl (C=O) groups excluding carboxylic acids is 2. The Morgan fingerprint density at radius 1 is 0.781 bits per heavy atom. The molecule has 0 saturated carbocycles. The monoisotopic (exact) mass is 928 g/mol. The van der Waals surface area contributed by atoms with Gasteiger partial charge in [0.05, 0.1) is 42.3 Å². The lowest BCUT2D eigenvalue weighted by molar-refractivity contribution is 0.101. The lowest BCUT2D eigenvalue weighted by atomic mass is 10.1. The number of hydrogen-bond donors (Lipinski definition) is 4. The first kappa shape index (κ1) is 45.3. The number of para-hydroxylation sites is 2. The highest BCUT2D eigenvalue weighted by atomic mass is 35.5. The van der Waals surface area contributed by atoms with E-state index in [9.17, 15) is 26.4 Å². The van der Waals surface area contributed by atoms with Gasteiger partial charge in [-0.25, -0.2) is 36.1 Å². The van der Waals surface area contributed by atoms with E-state index < -0.39 is 54.3 Å². The Balaban J connectivity index is 1.26. The summed E-state index contributed by atoms with van der Waals surface area (Å²) in [5.74, 6) is -1.35. The molecule has 334 valence electrons. The van der Waals surface area contributed by atoms with Gasteiger partial charge in [0.2, 0.25) is 11.8 Å². The Morgan fingerprint density at radius 3 is 2.02 bits per heavy atom. The molecule has 6 aromatic rings. The molecule has 0 bridgehead atoms. The third-order valence-corrected chi connectivity index (χ3v) is 13.7. The third-order valence-electron chi connectivity index (χ3n) is 10.4. The van der Waals surface area contributed by atoms with Crippen LogP contribution < -0.4 is 34.0 Å². The number of aromatic nitrogens is 5. The fourth-order valence-corrected chi connectivity index (χ4v) is 10.2. The molecule has 0 aliphatic carbocycles. The minimum Gasteiger partial charge on any atom is -0.480 e.